The highest BCUT2D eigenvalue weighted by Gasteiger charge is 2.07. The molecule has 0 amide bonds. The minimum Gasteiger partial charge on any atom is -0.491 e. The van der Waals surface area contributed by atoms with Crippen molar-refractivity contribution >= 4 is 5.97 Å². The standard InChI is InChI=1S/C19H22O5/c1-2-22-11-12-23-13-14-24-18-6-4-3-5-17(18)15-7-9-16(10-8-15)19(20)21/h3-10H,2,11-14H2,1H3,(H,20,21). The highest BCUT2D eigenvalue weighted by atomic mass is 16.5. The van der Waals surface area contributed by atoms with E-state index in [1.807, 2.05) is 31.2 Å². The average molecular weight is 330 g/mol. The lowest BCUT2D eigenvalue weighted by Gasteiger charge is -2.12. The molecule has 0 unspecified atom stereocenters. The molecule has 0 spiro atoms. The predicted molar refractivity (Wildman–Crippen MR) is 91.6 cm³/mol. The normalized spacial score (nSPS) is 10.5. The molecule has 5 nitrogen and oxygen atoms in total. The van der Waals surface area contributed by atoms with Crippen LogP contribution in [0.4, 0.5) is 0 Å². The van der Waals surface area contributed by atoms with Crippen molar-refractivity contribution in [3.8, 4) is 16.9 Å². The first kappa shape index (κ1) is 18.0. The summed E-state index contributed by atoms with van der Waals surface area (Å²) in [5.41, 5.74) is 2.09. The van der Waals surface area contributed by atoms with Crippen molar-refractivity contribution in [3.05, 3.63) is 54.1 Å². The topological polar surface area (TPSA) is 65.0 Å². The smallest absolute Gasteiger partial charge is 0.335 e. The van der Waals surface area contributed by atoms with Crippen LogP contribution in [-0.4, -0.2) is 44.1 Å². The quantitative estimate of drug-likeness (QED) is 0.676. The molecule has 0 aliphatic heterocycles. The van der Waals surface area contributed by atoms with Crippen molar-refractivity contribution in [1.29, 1.82) is 0 Å². The lowest BCUT2D eigenvalue weighted by Crippen LogP contribution is -2.11. The van der Waals surface area contributed by atoms with Gasteiger partial charge < -0.3 is 19.3 Å². The van der Waals surface area contributed by atoms with E-state index in [1.165, 1.54) is 0 Å². The molecule has 0 atom stereocenters. The molecule has 0 fully saturated rings. The predicted octanol–water partition coefficient (Wildman–Crippen LogP) is 3.48. The summed E-state index contributed by atoms with van der Waals surface area (Å²) < 4.78 is 16.4. The second-order valence-corrected chi connectivity index (χ2v) is 5.04. The molecule has 0 radical (unpaired) electrons. The number of benzene rings is 2. The third-order valence-corrected chi connectivity index (χ3v) is 3.39. The molecular weight excluding hydrogens is 308 g/mol. The maximum atomic E-state index is 10.9. The maximum absolute atomic E-state index is 10.9. The Morgan fingerprint density at radius 2 is 1.58 bits per heavy atom. The fourth-order valence-electron chi connectivity index (χ4n) is 2.20. The summed E-state index contributed by atoms with van der Waals surface area (Å²) in [5.74, 6) is -0.190. The summed E-state index contributed by atoms with van der Waals surface area (Å²) in [5, 5.41) is 8.97. The van der Waals surface area contributed by atoms with Crippen molar-refractivity contribution in [3.63, 3.8) is 0 Å². The molecule has 2 aromatic rings. The van der Waals surface area contributed by atoms with Gasteiger partial charge in [0.25, 0.3) is 0 Å². The molecule has 128 valence electrons. The number of rotatable bonds is 10. The Kier molecular flexibility index (Phi) is 7.26. The second-order valence-electron chi connectivity index (χ2n) is 5.04. The summed E-state index contributed by atoms with van der Waals surface area (Å²) in [6.45, 7) is 4.70. The fraction of sp³-hybridized carbons (Fsp3) is 0.316. The first-order valence-electron chi connectivity index (χ1n) is 7.93. The number of carboxylic acid groups (broad SMARTS) is 1. The zero-order valence-electron chi connectivity index (χ0n) is 13.7. The molecule has 0 saturated carbocycles. The summed E-state index contributed by atoms with van der Waals surface area (Å²) >= 11 is 0. The number of ether oxygens (including phenoxy) is 3. The molecule has 0 aliphatic carbocycles. The van der Waals surface area contributed by atoms with Crippen LogP contribution in [0.1, 0.15) is 17.3 Å². The highest BCUT2D eigenvalue weighted by Crippen LogP contribution is 2.29. The van der Waals surface area contributed by atoms with Crippen LogP contribution in [0, 0.1) is 0 Å². The van der Waals surface area contributed by atoms with Crippen LogP contribution in [-0.2, 0) is 9.47 Å². The first-order chi connectivity index (χ1) is 11.7. The van der Waals surface area contributed by atoms with E-state index >= 15 is 0 Å². The number of para-hydroxylation sites is 1. The minimum absolute atomic E-state index is 0.264. The Morgan fingerprint density at radius 3 is 2.29 bits per heavy atom. The third-order valence-electron chi connectivity index (χ3n) is 3.39. The van der Waals surface area contributed by atoms with Crippen molar-refractivity contribution in [2.75, 3.05) is 33.0 Å². The monoisotopic (exact) mass is 330 g/mol. The Labute approximate surface area is 141 Å². The van der Waals surface area contributed by atoms with Gasteiger partial charge in [0.2, 0.25) is 0 Å². The second kappa shape index (κ2) is 9.70. The van der Waals surface area contributed by atoms with Gasteiger partial charge in [0.15, 0.2) is 0 Å². The van der Waals surface area contributed by atoms with Crippen molar-refractivity contribution in [1.82, 2.24) is 0 Å². The first-order valence-corrected chi connectivity index (χ1v) is 7.93. The van der Waals surface area contributed by atoms with Gasteiger partial charge in [-0.2, -0.15) is 0 Å². The van der Waals surface area contributed by atoms with Gasteiger partial charge in [-0.25, -0.2) is 4.79 Å². The van der Waals surface area contributed by atoms with Crippen LogP contribution in [0.25, 0.3) is 11.1 Å². The molecule has 5 heteroatoms. The van der Waals surface area contributed by atoms with Gasteiger partial charge in [-0.05, 0) is 30.7 Å². The number of carboxylic acids is 1. The van der Waals surface area contributed by atoms with Crippen LogP contribution >= 0.6 is 0 Å². The van der Waals surface area contributed by atoms with E-state index < -0.39 is 5.97 Å². The van der Waals surface area contributed by atoms with E-state index in [-0.39, 0.29) is 5.56 Å². The molecular formula is C19H22O5. The average Bonchev–Trinajstić information content (AvgIpc) is 2.61. The lowest BCUT2D eigenvalue weighted by atomic mass is 10.0. The van der Waals surface area contributed by atoms with Crippen molar-refractivity contribution in [2.45, 2.75) is 6.92 Å². The molecule has 2 aromatic carbocycles. The van der Waals surface area contributed by atoms with Gasteiger partial charge in [-0.1, -0.05) is 30.3 Å². The highest BCUT2D eigenvalue weighted by molar-refractivity contribution is 5.88. The Balaban J connectivity index is 1.93. The summed E-state index contributed by atoms with van der Waals surface area (Å²) in [4.78, 5) is 10.9. The van der Waals surface area contributed by atoms with Crippen LogP contribution in [0.15, 0.2) is 48.5 Å². The molecule has 1 N–H and O–H groups in total. The van der Waals surface area contributed by atoms with E-state index in [9.17, 15) is 4.79 Å². The lowest BCUT2D eigenvalue weighted by molar-refractivity contribution is 0.0405. The maximum Gasteiger partial charge on any atom is 0.335 e. The van der Waals surface area contributed by atoms with Crippen LogP contribution in [0.2, 0.25) is 0 Å². The van der Waals surface area contributed by atoms with Crippen molar-refractivity contribution in [2.24, 2.45) is 0 Å². The van der Waals surface area contributed by atoms with Gasteiger partial charge in [0.05, 0.1) is 25.4 Å². The van der Waals surface area contributed by atoms with Gasteiger partial charge >= 0.3 is 5.97 Å². The van der Waals surface area contributed by atoms with Crippen molar-refractivity contribution < 1.29 is 24.1 Å². The third kappa shape index (κ3) is 5.37. The Morgan fingerprint density at radius 1 is 0.917 bits per heavy atom. The van der Waals surface area contributed by atoms with Crippen LogP contribution in [0.3, 0.4) is 0 Å². The van der Waals surface area contributed by atoms with E-state index in [2.05, 4.69) is 0 Å². The number of hydrogen-bond donors (Lipinski definition) is 1. The number of aromatic carboxylic acids is 1. The molecule has 0 heterocycles. The molecule has 0 aliphatic rings. The molecule has 0 aromatic heterocycles. The summed E-state index contributed by atoms with van der Waals surface area (Å²) in [6, 6.07) is 14.4. The SMILES string of the molecule is CCOCCOCCOc1ccccc1-c1ccc(C(=O)O)cc1. The molecule has 2 rings (SSSR count). The van der Waals surface area contributed by atoms with E-state index in [0.29, 0.717) is 33.0 Å². The zero-order valence-corrected chi connectivity index (χ0v) is 13.7. The number of carbonyl (C=O) groups is 1. The van der Waals surface area contributed by atoms with Gasteiger partial charge in [0.1, 0.15) is 12.4 Å². The molecule has 24 heavy (non-hydrogen) atoms. The van der Waals surface area contributed by atoms with E-state index in [1.54, 1.807) is 24.3 Å². The Bertz CT molecular complexity index is 636. The van der Waals surface area contributed by atoms with Gasteiger partial charge in [-0.3, -0.25) is 0 Å². The summed E-state index contributed by atoms with van der Waals surface area (Å²) in [7, 11) is 0. The largest absolute Gasteiger partial charge is 0.491 e. The molecule has 0 saturated heterocycles. The molecule has 0 bridgehead atoms. The number of hydrogen-bond acceptors (Lipinski definition) is 4. The fourth-order valence-corrected chi connectivity index (χ4v) is 2.20. The zero-order chi connectivity index (χ0) is 17.2. The minimum atomic E-state index is -0.935. The van der Waals surface area contributed by atoms with E-state index in [4.69, 9.17) is 19.3 Å². The van der Waals surface area contributed by atoms with Gasteiger partial charge in [-0.15, -0.1) is 0 Å². The van der Waals surface area contributed by atoms with E-state index in [0.717, 1.165) is 16.9 Å². The van der Waals surface area contributed by atoms with Crippen LogP contribution < -0.4 is 4.74 Å². The van der Waals surface area contributed by atoms with Gasteiger partial charge in [0, 0.05) is 12.2 Å². The summed E-state index contributed by atoms with van der Waals surface area (Å²) in [6.07, 6.45) is 0. The van der Waals surface area contributed by atoms with Crippen LogP contribution in [0.5, 0.6) is 5.75 Å². The Hall–Kier alpha value is -2.37.